The molecule has 2 nitrogen and oxygen atoms in total. The average molecular weight is 405 g/mol. The van der Waals surface area contributed by atoms with Gasteiger partial charge in [-0.05, 0) is 11.8 Å². The molecule has 0 fully saturated rings. The van der Waals surface area contributed by atoms with Crippen LogP contribution in [0.2, 0.25) is 0 Å². The zero-order valence-electron chi connectivity index (χ0n) is 6.63. The zero-order chi connectivity index (χ0) is 9.99. The van der Waals surface area contributed by atoms with Crippen molar-refractivity contribution in [3.63, 3.8) is 0 Å². The van der Waals surface area contributed by atoms with Crippen LogP contribution in [-0.4, -0.2) is 19.3 Å². The summed E-state index contributed by atoms with van der Waals surface area (Å²) < 4.78 is 4.70. The minimum Gasteiger partial charge on any atom is -0.345 e. The van der Waals surface area contributed by atoms with Crippen LogP contribution in [0.4, 0.5) is 0 Å². The molecule has 0 aromatic carbocycles. The van der Waals surface area contributed by atoms with Crippen molar-refractivity contribution >= 4 is 66.1 Å². The lowest BCUT2D eigenvalue weighted by Gasteiger charge is -2.22. The van der Waals surface area contributed by atoms with E-state index in [1.54, 1.807) is 0 Å². The van der Waals surface area contributed by atoms with E-state index in [1.165, 1.54) is 0 Å². The van der Waals surface area contributed by atoms with E-state index >= 15 is 0 Å². The molecule has 1 atom stereocenters. The van der Waals surface area contributed by atoms with E-state index < -0.39 is 8.63 Å². The van der Waals surface area contributed by atoms with E-state index in [0.29, 0.717) is 0 Å². The predicted molar refractivity (Wildman–Crippen MR) is 67.1 cm³/mol. The third-order valence-electron chi connectivity index (χ3n) is 1.07. The number of halogens is 3. The maximum atomic E-state index is 9.60. The minimum atomic E-state index is -2.62. The molecule has 1 N–H and O–H groups in total. The zero-order valence-corrected chi connectivity index (χ0v) is 13.1. The Morgan fingerprint density at radius 2 is 1.92 bits per heavy atom. The molecule has 1 unspecified atom stereocenters. The van der Waals surface area contributed by atoms with Gasteiger partial charge in [0.25, 0.3) is 0 Å². The van der Waals surface area contributed by atoms with Crippen LogP contribution in [-0.2, 0) is 16.3 Å². The van der Waals surface area contributed by atoms with Crippen LogP contribution in [0.3, 0.4) is 0 Å². The summed E-state index contributed by atoms with van der Waals surface area (Å²) in [4.78, 5) is 9.60. The van der Waals surface area contributed by atoms with Gasteiger partial charge in [-0.25, -0.2) is 0 Å². The van der Waals surface area contributed by atoms with Crippen molar-refractivity contribution in [2.24, 2.45) is 0 Å². The van der Waals surface area contributed by atoms with E-state index in [4.69, 9.17) is 16.3 Å². The Morgan fingerprint density at radius 3 is 2.17 bits per heavy atom. The van der Waals surface area contributed by atoms with Crippen molar-refractivity contribution in [3.8, 4) is 0 Å². The van der Waals surface area contributed by atoms with E-state index in [-0.39, 0.29) is 12.3 Å². The van der Waals surface area contributed by atoms with Gasteiger partial charge in [-0.2, -0.15) is 0 Å². The normalized spacial score (nSPS) is 17.9. The van der Waals surface area contributed by atoms with Crippen molar-refractivity contribution in [1.82, 2.24) is 0 Å². The molecule has 0 bridgehead atoms. The summed E-state index contributed by atoms with van der Waals surface area (Å²) in [7, 11) is 0. The molecule has 0 amide bonds. The second kappa shape index (κ2) is 5.19. The van der Waals surface area contributed by atoms with Gasteiger partial charge in [0.15, 0.2) is 8.63 Å². The molecule has 0 aromatic rings. The van der Waals surface area contributed by atoms with Gasteiger partial charge in [-0.3, -0.25) is 0 Å². The van der Waals surface area contributed by atoms with Crippen molar-refractivity contribution in [2.75, 3.05) is 6.61 Å². The SMILES string of the molecule is CC(C)P(O)(=S)OCC(Br)(Br)Br. The van der Waals surface area contributed by atoms with E-state index in [0.717, 1.165) is 0 Å². The fourth-order valence-corrected chi connectivity index (χ4v) is 2.02. The summed E-state index contributed by atoms with van der Waals surface area (Å²) in [5, 5.41) is 0. The summed E-state index contributed by atoms with van der Waals surface area (Å²) in [5.41, 5.74) is -0.0117. The van der Waals surface area contributed by atoms with Crippen LogP contribution in [0.25, 0.3) is 0 Å². The molecule has 7 heteroatoms. The van der Waals surface area contributed by atoms with Crippen LogP contribution < -0.4 is 0 Å². The van der Waals surface area contributed by atoms with Crippen LogP contribution in [0.15, 0.2) is 0 Å². The molecular weight excluding hydrogens is 395 g/mol. The fraction of sp³-hybridized carbons (Fsp3) is 1.00. The highest BCUT2D eigenvalue weighted by atomic mass is 80.0. The highest BCUT2D eigenvalue weighted by molar-refractivity contribution is 9.39. The standard InChI is InChI=1S/C5H10Br3O2PS/c1-4(2)11(9,12)10-3-5(6,7)8/h4H,3H2,1-2H3,(H,9,12). The molecule has 74 valence electrons. The molecule has 0 aliphatic rings. The molecule has 0 aromatic heterocycles. The van der Waals surface area contributed by atoms with Gasteiger partial charge < -0.3 is 9.42 Å². The molecule has 0 saturated heterocycles. The maximum Gasteiger partial charge on any atom is 0.188 e. The first-order valence-electron chi connectivity index (χ1n) is 3.19. The van der Waals surface area contributed by atoms with Gasteiger partial charge in [0, 0.05) is 5.66 Å². The Balaban J connectivity index is 4.02. The number of alkyl halides is 3. The van der Waals surface area contributed by atoms with Crippen molar-refractivity contribution in [1.29, 1.82) is 0 Å². The first kappa shape index (κ1) is 14.0. The van der Waals surface area contributed by atoms with E-state index in [9.17, 15) is 4.89 Å². The molecular formula is C5H10Br3O2PS. The molecule has 0 radical (unpaired) electrons. The summed E-state index contributed by atoms with van der Waals surface area (Å²) in [5.74, 6) is 0. The third kappa shape index (κ3) is 6.46. The minimum absolute atomic E-state index is 0.0117. The second-order valence-corrected chi connectivity index (χ2v) is 13.8. The van der Waals surface area contributed by atoms with Gasteiger partial charge in [-0.15, -0.1) is 0 Å². The Hall–Kier alpha value is 2.01. The predicted octanol–water partition coefficient (Wildman–Crippen LogP) is 3.55. The largest absolute Gasteiger partial charge is 0.345 e. The number of hydrogen-bond donors (Lipinski definition) is 1. The molecule has 0 aliphatic carbocycles. The molecule has 12 heavy (non-hydrogen) atoms. The van der Waals surface area contributed by atoms with Gasteiger partial charge in [0.05, 0.1) is 6.61 Å². The van der Waals surface area contributed by atoms with Crippen LogP contribution in [0.1, 0.15) is 13.8 Å². The van der Waals surface area contributed by atoms with Crippen molar-refractivity contribution < 1.29 is 9.42 Å². The Labute approximate surface area is 103 Å². The highest BCUT2D eigenvalue weighted by Gasteiger charge is 2.25. The Bertz CT molecular complexity index is 192. The summed E-state index contributed by atoms with van der Waals surface area (Å²) >= 11 is 14.7. The topological polar surface area (TPSA) is 29.5 Å². The second-order valence-electron chi connectivity index (χ2n) is 2.55. The number of hydrogen-bond acceptors (Lipinski definition) is 2. The summed E-state index contributed by atoms with van der Waals surface area (Å²) in [6.45, 7) is 1.35. The van der Waals surface area contributed by atoms with E-state index in [1.807, 2.05) is 13.8 Å². The van der Waals surface area contributed by atoms with Crippen LogP contribution in [0, 0.1) is 0 Å². The first-order valence-corrected chi connectivity index (χ1v) is 8.31. The van der Waals surface area contributed by atoms with E-state index in [2.05, 4.69) is 47.8 Å². The Kier molecular flexibility index (Phi) is 6.06. The molecule has 0 saturated carbocycles. The Morgan fingerprint density at radius 1 is 1.50 bits per heavy atom. The van der Waals surface area contributed by atoms with Crippen molar-refractivity contribution in [2.45, 2.75) is 21.6 Å². The maximum absolute atomic E-state index is 9.60. The quantitative estimate of drug-likeness (QED) is 0.576. The summed E-state index contributed by atoms with van der Waals surface area (Å²) in [6, 6.07) is 0. The van der Waals surface area contributed by atoms with Gasteiger partial charge in [0.2, 0.25) is 0 Å². The highest BCUT2D eigenvalue weighted by Crippen LogP contribution is 2.49. The molecule has 0 heterocycles. The molecule has 0 spiro atoms. The van der Waals surface area contributed by atoms with Gasteiger partial charge in [-0.1, -0.05) is 61.6 Å². The van der Waals surface area contributed by atoms with Crippen molar-refractivity contribution in [3.05, 3.63) is 0 Å². The lowest BCUT2D eigenvalue weighted by Crippen LogP contribution is -2.12. The summed E-state index contributed by atoms with van der Waals surface area (Å²) in [6.07, 6.45) is 0. The molecule has 0 aliphatic heterocycles. The van der Waals surface area contributed by atoms with Gasteiger partial charge in [0.1, 0.15) is 0 Å². The number of rotatable bonds is 3. The fourth-order valence-electron chi connectivity index (χ4n) is 0.315. The van der Waals surface area contributed by atoms with Crippen LogP contribution >= 0.6 is 54.3 Å². The average Bonchev–Trinajstić information content (AvgIpc) is 1.82. The lowest BCUT2D eigenvalue weighted by atomic mass is 10.6. The lowest BCUT2D eigenvalue weighted by molar-refractivity contribution is 0.317. The third-order valence-corrected chi connectivity index (χ3v) is 5.14. The smallest absolute Gasteiger partial charge is 0.188 e. The van der Waals surface area contributed by atoms with Crippen LogP contribution in [0.5, 0.6) is 0 Å². The first-order chi connectivity index (χ1) is 5.15. The van der Waals surface area contributed by atoms with Gasteiger partial charge >= 0.3 is 0 Å². The molecule has 0 rings (SSSR count). The monoisotopic (exact) mass is 402 g/mol.